The summed E-state index contributed by atoms with van der Waals surface area (Å²) in [5, 5.41) is 5.34. The van der Waals surface area contributed by atoms with E-state index in [1.807, 2.05) is 81.7 Å². The number of rotatable bonds is 12. The molecule has 1 fully saturated rings. The van der Waals surface area contributed by atoms with Gasteiger partial charge in [-0.05, 0) is 29.2 Å². The van der Waals surface area contributed by atoms with Crippen molar-refractivity contribution in [3.05, 3.63) is 48.8 Å². The third kappa shape index (κ3) is 7.81. The summed E-state index contributed by atoms with van der Waals surface area (Å²) < 4.78 is 32.3. The molecule has 2 aromatic heterocycles. The van der Waals surface area contributed by atoms with Crippen LogP contribution in [0.3, 0.4) is 0 Å². The average molecular weight is 639 g/mol. The first-order valence-corrected chi connectivity index (χ1v) is 16.3. The molecule has 3 heterocycles. The molecule has 5 unspecified atom stereocenters. The molecule has 0 amide bonds. The van der Waals surface area contributed by atoms with Crippen molar-refractivity contribution in [3.63, 3.8) is 0 Å². The quantitative estimate of drug-likeness (QED) is 0.139. The number of nitrogen functional groups attached to an aromatic ring is 1. The van der Waals surface area contributed by atoms with Gasteiger partial charge in [-0.2, -0.15) is 9.97 Å². The average Bonchev–Trinajstić information content (AvgIpc) is 3.58. The fraction of sp³-hybridized carbons (Fsp3) is 0.500. The maximum Gasteiger partial charge on any atom is 0.323 e. The molecule has 5 atom stereocenters. The largest absolute Gasteiger partial charge is 0.479 e. The van der Waals surface area contributed by atoms with E-state index in [-0.39, 0.29) is 48.1 Å². The van der Waals surface area contributed by atoms with Gasteiger partial charge in [0.25, 0.3) is 0 Å². The normalized spacial score (nSPS) is 20.0. The van der Waals surface area contributed by atoms with Crippen LogP contribution in [0.25, 0.3) is 21.9 Å². The van der Waals surface area contributed by atoms with E-state index >= 15 is 0 Å². The smallest absolute Gasteiger partial charge is 0.323 e. The molecule has 45 heavy (non-hydrogen) atoms. The Morgan fingerprint density at radius 2 is 1.93 bits per heavy atom. The molecule has 242 valence electrons. The van der Waals surface area contributed by atoms with E-state index in [2.05, 4.69) is 27.0 Å². The number of benzene rings is 2. The molecule has 0 aliphatic carbocycles. The molecule has 1 aliphatic heterocycles. The Labute approximate surface area is 264 Å². The van der Waals surface area contributed by atoms with Crippen LogP contribution in [0.15, 0.2) is 48.8 Å². The number of anilines is 1. The second-order valence-corrected chi connectivity index (χ2v) is 14.1. The van der Waals surface area contributed by atoms with Crippen molar-refractivity contribution in [2.45, 2.75) is 66.3 Å². The van der Waals surface area contributed by atoms with Crippen LogP contribution in [0.4, 0.5) is 5.95 Å². The summed E-state index contributed by atoms with van der Waals surface area (Å²) >= 11 is 0. The number of nitrogens with one attached hydrogen (secondary N) is 1. The highest BCUT2D eigenvalue weighted by Crippen LogP contribution is 2.43. The van der Waals surface area contributed by atoms with Crippen LogP contribution in [-0.2, 0) is 18.8 Å². The predicted molar refractivity (Wildman–Crippen MR) is 174 cm³/mol. The number of carbonyl (C=O) groups excluding carboxylic acids is 1. The van der Waals surface area contributed by atoms with Crippen molar-refractivity contribution >= 4 is 42.4 Å². The number of imidazole rings is 1. The highest BCUT2D eigenvalue weighted by Gasteiger charge is 2.37. The van der Waals surface area contributed by atoms with Gasteiger partial charge < -0.3 is 29.0 Å². The van der Waals surface area contributed by atoms with E-state index < -0.39 is 14.6 Å². The number of ether oxygens (including phenoxy) is 3. The number of methoxy groups -OCH3 is 1. The number of carbonyl (C=O) groups is 1. The van der Waals surface area contributed by atoms with Crippen LogP contribution < -0.4 is 20.1 Å². The SMILES string of the molecule is COc1nc(N)nc2c1ncn2C1OC(COP(NC(C(=O)OCC(C)(C)C)C(C)C)Oc2cccc3ccccc23)CC1C. The number of esters is 1. The number of hydrogen-bond acceptors (Lipinski definition) is 11. The minimum Gasteiger partial charge on any atom is -0.479 e. The zero-order valence-electron chi connectivity index (χ0n) is 26.9. The van der Waals surface area contributed by atoms with Crippen molar-refractivity contribution in [2.24, 2.45) is 17.3 Å². The Morgan fingerprint density at radius 3 is 2.67 bits per heavy atom. The van der Waals surface area contributed by atoms with Gasteiger partial charge in [0.15, 0.2) is 11.2 Å². The minimum absolute atomic E-state index is 0.0738. The highest BCUT2D eigenvalue weighted by atomic mass is 31.2. The fourth-order valence-corrected chi connectivity index (χ4v) is 6.62. The standard InChI is InChI=1S/C32H43N6O6P/c1-19(2)25(30(39)41-17-32(4,5)6)37-45(44-24-14-10-12-21-11-8-9-13-23(21)24)42-16-22-15-20(3)29(43-22)38-18-34-26-27(38)35-31(33)36-28(26)40-7/h8-14,18-20,22,25,29,37H,15-17H2,1-7H3,(H2,33,35,36). The lowest BCUT2D eigenvalue weighted by Gasteiger charge is -2.28. The molecule has 0 spiro atoms. The molecule has 0 saturated carbocycles. The summed E-state index contributed by atoms with van der Waals surface area (Å²) in [6, 6.07) is 13.2. The lowest BCUT2D eigenvalue weighted by atomic mass is 9.98. The van der Waals surface area contributed by atoms with Gasteiger partial charge in [0.05, 0.1) is 32.8 Å². The lowest BCUT2D eigenvalue weighted by molar-refractivity contribution is -0.149. The monoisotopic (exact) mass is 638 g/mol. The van der Waals surface area contributed by atoms with E-state index in [9.17, 15) is 4.79 Å². The van der Waals surface area contributed by atoms with Crippen LogP contribution in [-0.4, -0.2) is 58.0 Å². The maximum absolute atomic E-state index is 13.2. The molecular weight excluding hydrogens is 595 g/mol. The lowest BCUT2D eigenvalue weighted by Crippen LogP contribution is -2.41. The topological polar surface area (TPSA) is 145 Å². The fourth-order valence-electron chi connectivity index (χ4n) is 5.17. The van der Waals surface area contributed by atoms with E-state index in [1.165, 1.54) is 7.11 Å². The van der Waals surface area contributed by atoms with E-state index in [4.69, 9.17) is 29.0 Å². The first-order chi connectivity index (χ1) is 21.4. The van der Waals surface area contributed by atoms with Crippen molar-refractivity contribution in [3.8, 4) is 11.6 Å². The Bertz CT molecular complexity index is 1620. The first kappa shape index (κ1) is 32.8. The van der Waals surface area contributed by atoms with Crippen molar-refractivity contribution in [1.29, 1.82) is 0 Å². The minimum atomic E-state index is -1.79. The predicted octanol–water partition coefficient (Wildman–Crippen LogP) is 6.02. The van der Waals surface area contributed by atoms with Gasteiger partial charge in [0, 0.05) is 11.3 Å². The number of aromatic nitrogens is 4. The Hall–Kier alpha value is -3.57. The van der Waals surface area contributed by atoms with Crippen molar-refractivity contribution < 1.29 is 28.1 Å². The highest BCUT2D eigenvalue weighted by molar-refractivity contribution is 7.45. The zero-order valence-corrected chi connectivity index (χ0v) is 27.8. The van der Waals surface area contributed by atoms with Crippen LogP contribution >= 0.6 is 8.53 Å². The second kappa shape index (κ2) is 13.8. The van der Waals surface area contributed by atoms with E-state index in [0.29, 0.717) is 29.4 Å². The van der Waals surface area contributed by atoms with Crippen molar-refractivity contribution in [1.82, 2.24) is 24.6 Å². The molecule has 0 radical (unpaired) electrons. The van der Waals surface area contributed by atoms with Gasteiger partial charge in [0.1, 0.15) is 18.0 Å². The molecule has 3 N–H and O–H groups in total. The third-order valence-electron chi connectivity index (χ3n) is 7.45. The molecule has 13 heteroatoms. The van der Waals surface area contributed by atoms with Gasteiger partial charge in [0.2, 0.25) is 11.8 Å². The summed E-state index contributed by atoms with van der Waals surface area (Å²) in [6.45, 7) is 12.7. The maximum atomic E-state index is 13.2. The van der Waals surface area contributed by atoms with E-state index in [1.54, 1.807) is 6.33 Å². The number of hydrogen-bond donors (Lipinski definition) is 2. The molecule has 4 aromatic rings. The molecular formula is C32H43N6O6P. The van der Waals surface area contributed by atoms with Gasteiger partial charge in [-0.1, -0.05) is 77.9 Å². The Morgan fingerprint density at radius 1 is 1.18 bits per heavy atom. The van der Waals surface area contributed by atoms with Gasteiger partial charge in [-0.15, -0.1) is 0 Å². The van der Waals surface area contributed by atoms with Crippen LogP contribution in [0, 0.1) is 17.3 Å². The summed E-state index contributed by atoms with van der Waals surface area (Å²) in [6.07, 6.45) is 1.79. The van der Waals surface area contributed by atoms with Gasteiger partial charge in [-0.3, -0.25) is 9.36 Å². The van der Waals surface area contributed by atoms with Gasteiger partial charge in [-0.25, -0.2) is 10.1 Å². The number of fused-ring (bicyclic) bond motifs is 2. The summed E-state index contributed by atoms with van der Waals surface area (Å²) in [4.78, 5) is 26.2. The zero-order chi connectivity index (χ0) is 32.3. The molecule has 2 aromatic carbocycles. The summed E-state index contributed by atoms with van der Waals surface area (Å²) in [5.74, 6) is 0.765. The summed E-state index contributed by atoms with van der Waals surface area (Å²) in [5.41, 5.74) is 6.82. The number of nitrogens with zero attached hydrogens (tertiary/aromatic N) is 4. The van der Waals surface area contributed by atoms with Gasteiger partial charge >= 0.3 is 14.5 Å². The third-order valence-corrected chi connectivity index (χ3v) is 8.68. The van der Waals surface area contributed by atoms with Crippen LogP contribution in [0.2, 0.25) is 0 Å². The van der Waals surface area contributed by atoms with Crippen LogP contribution in [0.1, 0.15) is 54.2 Å². The van der Waals surface area contributed by atoms with Crippen LogP contribution in [0.5, 0.6) is 11.6 Å². The first-order valence-electron chi connectivity index (χ1n) is 15.1. The molecule has 12 nitrogen and oxygen atoms in total. The molecule has 1 aliphatic rings. The second-order valence-electron chi connectivity index (χ2n) is 12.9. The summed E-state index contributed by atoms with van der Waals surface area (Å²) in [7, 11) is -0.269. The van der Waals surface area contributed by atoms with E-state index in [0.717, 1.165) is 17.2 Å². The molecule has 5 rings (SSSR count). The van der Waals surface area contributed by atoms with Crippen molar-refractivity contribution in [2.75, 3.05) is 26.1 Å². The number of nitrogens with two attached hydrogens (primary N) is 1. The molecule has 1 saturated heterocycles. The Kier molecular flexibility index (Phi) is 10.1. The molecule has 0 bridgehead atoms. The Balaban J connectivity index is 1.34.